The first-order valence-corrected chi connectivity index (χ1v) is 5.97. The lowest BCUT2D eigenvalue weighted by atomic mass is 10.1. The molecule has 5 heteroatoms. The molecule has 0 spiro atoms. The first-order valence-electron chi connectivity index (χ1n) is 3.59. The second kappa shape index (κ2) is 4.89. The summed E-state index contributed by atoms with van der Waals surface area (Å²) in [6, 6.07) is 3.69. The van der Waals surface area contributed by atoms with Gasteiger partial charge in [0.15, 0.2) is 0 Å². The summed E-state index contributed by atoms with van der Waals surface area (Å²) in [7, 11) is 0. The number of hydrogen-bond donors (Lipinski definition) is 2. The summed E-state index contributed by atoms with van der Waals surface area (Å²) in [5.74, 6) is 0. The van der Waals surface area contributed by atoms with Crippen molar-refractivity contribution in [1.29, 1.82) is 0 Å². The number of halogens is 3. The van der Waals surface area contributed by atoms with Crippen molar-refractivity contribution in [1.82, 2.24) is 0 Å². The number of rotatable bonds is 2. The average molecular weight is 374 g/mol. The van der Waals surface area contributed by atoms with Gasteiger partial charge in [-0.15, -0.1) is 0 Å². The van der Waals surface area contributed by atoms with E-state index in [2.05, 4.69) is 47.8 Å². The van der Waals surface area contributed by atoms with Crippen molar-refractivity contribution in [2.45, 2.75) is 6.10 Å². The van der Waals surface area contributed by atoms with E-state index in [1.54, 1.807) is 0 Å². The number of hydrogen-bond acceptors (Lipinski definition) is 2. The van der Waals surface area contributed by atoms with Crippen molar-refractivity contribution in [3.8, 4) is 0 Å². The summed E-state index contributed by atoms with van der Waals surface area (Å²) in [4.78, 5) is 0. The molecule has 1 aromatic carbocycles. The molecule has 0 aliphatic carbocycles. The summed E-state index contributed by atoms with van der Waals surface area (Å²) in [6.45, 7) is 0.215. The Labute approximate surface area is 102 Å². The molecule has 0 heterocycles. The average Bonchev–Trinajstić information content (AvgIpc) is 2.13. The van der Waals surface area contributed by atoms with E-state index in [0.717, 1.165) is 19.0 Å². The monoisotopic (exact) mass is 371 g/mol. The van der Waals surface area contributed by atoms with Gasteiger partial charge in [0.25, 0.3) is 0 Å². The molecule has 0 aromatic heterocycles. The predicted molar refractivity (Wildman–Crippen MR) is 63.6 cm³/mol. The van der Waals surface area contributed by atoms with Crippen LogP contribution in [0.4, 0.5) is 0 Å². The van der Waals surface area contributed by atoms with Gasteiger partial charge >= 0.3 is 0 Å². The molecule has 0 aliphatic rings. The molecule has 0 saturated carbocycles. The summed E-state index contributed by atoms with van der Waals surface area (Å²) in [6.07, 6.45) is -0.626. The minimum atomic E-state index is -0.626. The van der Waals surface area contributed by atoms with Crippen molar-refractivity contribution in [2.75, 3.05) is 6.54 Å². The standard InChI is InChI=1S/C8H8Br3NO/c9-5-2-1-4(6(13)3-12)7(10)8(5)11/h1-2,6,13H,3,12H2/t6-/m0/s1. The normalized spacial score (nSPS) is 13.0. The zero-order valence-electron chi connectivity index (χ0n) is 6.60. The largest absolute Gasteiger partial charge is 0.387 e. The summed E-state index contributed by atoms with van der Waals surface area (Å²) >= 11 is 10.1. The molecule has 1 rings (SSSR count). The van der Waals surface area contributed by atoms with Crippen LogP contribution < -0.4 is 5.73 Å². The molecule has 3 N–H and O–H groups in total. The van der Waals surface area contributed by atoms with Gasteiger partial charge < -0.3 is 10.8 Å². The molecule has 0 aliphatic heterocycles. The highest BCUT2D eigenvalue weighted by atomic mass is 79.9. The van der Waals surface area contributed by atoms with Crippen molar-refractivity contribution >= 4 is 47.8 Å². The van der Waals surface area contributed by atoms with Crippen LogP contribution in [0, 0.1) is 0 Å². The lowest BCUT2D eigenvalue weighted by Crippen LogP contribution is -2.12. The fourth-order valence-electron chi connectivity index (χ4n) is 0.925. The lowest BCUT2D eigenvalue weighted by Gasteiger charge is -2.12. The second-order valence-electron chi connectivity index (χ2n) is 2.52. The molecule has 0 amide bonds. The van der Waals surface area contributed by atoms with Crippen molar-refractivity contribution in [2.24, 2.45) is 5.73 Å². The van der Waals surface area contributed by atoms with Gasteiger partial charge in [0.05, 0.1) is 6.10 Å². The highest BCUT2D eigenvalue weighted by Gasteiger charge is 2.13. The quantitative estimate of drug-likeness (QED) is 0.783. The van der Waals surface area contributed by atoms with E-state index in [0.29, 0.717) is 0 Å². The predicted octanol–water partition coefficient (Wildman–Crippen LogP) is 2.97. The Kier molecular flexibility index (Phi) is 4.38. The molecular formula is C8H8Br3NO. The molecular weight excluding hydrogens is 366 g/mol. The van der Waals surface area contributed by atoms with E-state index in [1.165, 1.54) is 0 Å². The van der Waals surface area contributed by atoms with Crippen LogP contribution in [0.5, 0.6) is 0 Å². The highest BCUT2D eigenvalue weighted by molar-refractivity contribution is 9.14. The van der Waals surface area contributed by atoms with Gasteiger partial charge in [-0.05, 0) is 59.4 Å². The van der Waals surface area contributed by atoms with Crippen LogP contribution in [0.1, 0.15) is 11.7 Å². The fraction of sp³-hybridized carbons (Fsp3) is 0.250. The smallest absolute Gasteiger partial charge is 0.0923 e. The van der Waals surface area contributed by atoms with Crippen molar-refractivity contribution in [3.05, 3.63) is 31.1 Å². The van der Waals surface area contributed by atoms with Gasteiger partial charge in [0, 0.05) is 20.0 Å². The fourth-order valence-corrected chi connectivity index (χ4v) is 2.49. The SMILES string of the molecule is NC[C@H](O)c1ccc(Br)c(Br)c1Br. The van der Waals surface area contributed by atoms with Gasteiger partial charge in [0.2, 0.25) is 0 Å². The third-order valence-corrected chi connectivity index (χ3v) is 5.05. The summed E-state index contributed by atoms with van der Waals surface area (Å²) in [5, 5.41) is 9.53. The van der Waals surface area contributed by atoms with Crippen LogP contribution in [-0.4, -0.2) is 11.7 Å². The Bertz CT molecular complexity index is 317. The van der Waals surface area contributed by atoms with Crippen LogP contribution >= 0.6 is 47.8 Å². The molecule has 2 nitrogen and oxygen atoms in total. The summed E-state index contributed by atoms with van der Waals surface area (Å²) < 4.78 is 2.66. The van der Waals surface area contributed by atoms with Crippen LogP contribution in [0.25, 0.3) is 0 Å². The van der Waals surface area contributed by atoms with Crippen LogP contribution in [0.3, 0.4) is 0 Å². The van der Waals surface area contributed by atoms with Gasteiger partial charge in [-0.3, -0.25) is 0 Å². The van der Waals surface area contributed by atoms with Crippen LogP contribution in [0.15, 0.2) is 25.6 Å². The van der Waals surface area contributed by atoms with E-state index in [4.69, 9.17) is 5.73 Å². The zero-order chi connectivity index (χ0) is 10.0. The molecule has 1 aromatic rings. The van der Waals surface area contributed by atoms with E-state index >= 15 is 0 Å². The number of nitrogens with two attached hydrogens (primary N) is 1. The Morgan fingerprint density at radius 2 is 1.85 bits per heavy atom. The van der Waals surface area contributed by atoms with Gasteiger partial charge in [-0.1, -0.05) is 6.07 Å². The molecule has 0 bridgehead atoms. The van der Waals surface area contributed by atoms with Crippen LogP contribution in [0.2, 0.25) is 0 Å². The van der Waals surface area contributed by atoms with Gasteiger partial charge in [0.1, 0.15) is 0 Å². The van der Waals surface area contributed by atoms with Crippen molar-refractivity contribution < 1.29 is 5.11 Å². The van der Waals surface area contributed by atoms with Gasteiger partial charge in [-0.2, -0.15) is 0 Å². The van der Waals surface area contributed by atoms with E-state index in [9.17, 15) is 5.11 Å². The maximum Gasteiger partial charge on any atom is 0.0923 e. The van der Waals surface area contributed by atoms with E-state index in [-0.39, 0.29) is 6.54 Å². The Balaban J connectivity index is 3.18. The molecule has 13 heavy (non-hydrogen) atoms. The molecule has 72 valence electrons. The topological polar surface area (TPSA) is 46.2 Å². The first kappa shape index (κ1) is 11.7. The maximum absolute atomic E-state index is 9.53. The third-order valence-electron chi connectivity index (χ3n) is 1.65. The highest BCUT2D eigenvalue weighted by Crippen LogP contribution is 2.35. The summed E-state index contributed by atoms with van der Waals surface area (Å²) in [5.41, 5.74) is 6.15. The zero-order valence-corrected chi connectivity index (χ0v) is 11.4. The van der Waals surface area contributed by atoms with E-state index < -0.39 is 6.10 Å². The van der Waals surface area contributed by atoms with Crippen molar-refractivity contribution in [3.63, 3.8) is 0 Å². The lowest BCUT2D eigenvalue weighted by molar-refractivity contribution is 0.186. The third kappa shape index (κ3) is 2.53. The molecule has 0 saturated heterocycles. The maximum atomic E-state index is 9.53. The first-order chi connectivity index (χ1) is 6.07. The second-order valence-corrected chi connectivity index (χ2v) is 4.96. The van der Waals surface area contributed by atoms with Gasteiger partial charge in [-0.25, -0.2) is 0 Å². The Morgan fingerprint density at radius 3 is 2.38 bits per heavy atom. The van der Waals surface area contributed by atoms with E-state index in [1.807, 2.05) is 12.1 Å². The minimum Gasteiger partial charge on any atom is -0.387 e. The molecule has 0 fully saturated rings. The number of aliphatic hydroxyl groups excluding tert-OH is 1. The minimum absolute atomic E-state index is 0.215. The molecule has 1 atom stereocenters. The van der Waals surface area contributed by atoms with Crippen LogP contribution in [-0.2, 0) is 0 Å². The number of aliphatic hydroxyl groups is 1. The number of benzene rings is 1. The molecule has 0 unspecified atom stereocenters. The Hall–Kier alpha value is 0.580. The molecule has 0 radical (unpaired) electrons. The Morgan fingerprint density at radius 1 is 1.23 bits per heavy atom.